The van der Waals surface area contributed by atoms with E-state index < -0.39 is 10.8 Å². The smallest absolute Gasteiger partial charge is 0.269 e. The van der Waals surface area contributed by atoms with Gasteiger partial charge in [0.2, 0.25) is 5.91 Å². The summed E-state index contributed by atoms with van der Waals surface area (Å²) in [6.07, 6.45) is 0.709. The highest BCUT2D eigenvalue weighted by atomic mass is 16.6. The Morgan fingerprint density at radius 1 is 1.04 bits per heavy atom. The Morgan fingerprint density at radius 3 is 2.30 bits per heavy atom. The second kappa shape index (κ2) is 9.91. The highest BCUT2D eigenvalue weighted by Gasteiger charge is 2.15. The molecule has 2 amide bonds. The van der Waals surface area contributed by atoms with Gasteiger partial charge in [0.15, 0.2) is 6.61 Å². The average molecular weight is 371 g/mol. The molecule has 0 aromatic heterocycles. The van der Waals surface area contributed by atoms with Crippen LogP contribution in [0.15, 0.2) is 54.6 Å². The van der Waals surface area contributed by atoms with E-state index in [2.05, 4.69) is 0 Å². The number of carbonyl (C=O) groups excluding carboxylic acids is 2. The standard InChI is InChI=1S/C19H21N3O5/c20-18(23)11-13-21(12-10-15-4-2-1-3-5-15)19(24)14-27-17-8-6-16(7-9-17)22(25)26/h1-9H,10-14H2,(H2,20,23). The van der Waals surface area contributed by atoms with Crippen LogP contribution in [0.3, 0.4) is 0 Å². The maximum absolute atomic E-state index is 12.5. The van der Waals surface area contributed by atoms with Crippen molar-refractivity contribution in [3.63, 3.8) is 0 Å². The molecular formula is C19H21N3O5. The number of hydrogen-bond donors (Lipinski definition) is 1. The Labute approximate surface area is 156 Å². The number of hydrogen-bond acceptors (Lipinski definition) is 5. The van der Waals surface area contributed by atoms with Crippen LogP contribution in [-0.4, -0.2) is 41.3 Å². The van der Waals surface area contributed by atoms with Crippen molar-refractivity contribution in [2.24, 2.45) is 5.73 Å². The molecule has 0 radical (unpaired) electrons. The number of amides is 2. The van der Waals surface area contributed by atoms with Crippen LogP contribution in [0.2, 0.25) is 0 Å². The second-order valence-corrected chi connectivity index (χ2v) is 5.87. The first kappa shape index (κ1) is 19.9. The molecule has 27 heavy (non-hydrogen) atoms. The maximum atomic E-state index is 12.5. The zero-order chi connectivity index (χ0) is 19.6. The number of carbonyl (C=O) groups is 2. The molecule has 2 aromatic rings. The highest BCUT2D eigenvalue weighted by molar-refractivity contribution is 5.79. The molecule has 0 heterocycles. The molecular weight excluding hydrogens is 350 g/mol. The molecule has 0 atom stereocenters. The third-order valence-electron chi connectivity index (χ3n) is 3.90. The molecule has 8 heteroatoms. The largest absolute Gasteiger partial charge is 0.484 e. The lowest BCUT2D eigenvalue weighted by Gasteiger charge is -2.22. The van der Waals surface area contributed by atoms with Gasteiger partial charge < -0.3 is 15.4 Å². The van der Waals surface area contributed by atoms with E-state index in [1.165, 1.54) is 29.2 Å². The van der Waals surface area contributed by atoms with Gasteiger partial charge in [-0.1, -0.05) is 30.3 Å². The van der Waals surface area contributed by atoms with Gasteiger partial charge in [-0.2, -0.15) is 0 Å². The predicted molar refractivity (Wildman–Crippen MR) is 99.1 cm³/mol. The molecule has 0 aliphatic carbocycles. The van der Waals surface area contributed by atoms with Crippen LogP contribution in [0.5, 0.6) is 5.75 Å². The van der Waals surface area contributed by atoms with Crippen LogP contribution < -0.4 is 10.5 Å². The van der Waals surface area contributed by atoms with Gasteiger partial charge in [-0.25, -0.2) is 0 Å². The fraction of sp³-hybridized carbons (Fsp3) is 0.263. The van der Waals surface area contributed by atoms with Gasteiger partial charge in [0, 0.05) is 31.6 Å². The Balaban J connectivity index is 1.93. The summed E-state index contributed by atoms with van der Waals surface area (Å²) in [5, 5.41) is 10.6. The minimum atomic E-state index is -0.510. The summed E-state index contributed by atoms with van der Waals surface area (Å²) in [4.78, 5) is 35.2. The molecule has 142 valence electrons. The van der Waals surface area contributed by atoms with Crippen molar-refractivity contribution >= 4 is 17.5 Å². The molecule has 2 N–H and O–H groups in total. The normalized spacial score (nSPS) is 10.2. The van der Waals surface area contributed by atoms with Gasteiger partial charge in [0.1, 0.15) is 5.75 Å². The van der Waals surface area contributed by atoms with Crippen LogP contribution in [0.1, 0.15) is 12.0 Å². The van der Waals surface area contributed by atoms with Crippen LogP contribution in [-0.2, 0) is 16.0 Å². The van der Waals surface area contributed by atoms with Gasteiger partial charge in [-0.3, -0.25) is 19.7 Å². The van der Waals surface area contributed by atoms with E-state index in [4.69, 9.17) is 10.5 Å². The zero-order valence-electron chi connectivity index (χ0n) is 14.7. The number of benzene rings is 2. The average Bonchev–Trinajstić information content (AvgIpc) is 2.67. The number of nitro benzene ring substituents is 1. The van der Waals surface area contributed by atoms with Crippen molar-refractivity contribution in [1.82, 2.24) is 4.90 Å². The summed E-state index contributed by atoms with van der Waals surface area (Å²) >= 11 is 0. The number of nitrogens with two attached hydrogens (primary N) is 1. The molecule has 2 aromatic carbocycles. The van der Waals surface area contributed by atoms with Gasteiger partial charge in [0.05, 0.1) is 4.92 Å². The quantitative estimate of drug-likeness (QED) is 0.506. The highest BCUT2D eigenvalue weighted by Crippen LogP contribution is 2.17. The minimum Gasteiger partial charge on any atom is -0.484 e. The predicted octanol–water partition coefficient (Wildman–Crippen LogP) is 1.92. The number of ether oxygens (including phenoxy) is 1. The number of nitrogens with zero attached hydrogens (tertiary/aromatic N) is 2. The summed E-state index contributed by atoms with van der Waals surface area (Å²) in [5.74, 6) is -0.416. The lowest BCUT2D eigenvalue weighted by molar-refractivity contribution is -0.384. The summed E-state index contributed by atoms with van der Waals surface area (Å²) < 4.78 is 5.41. The first-order valence-corrected chi connectivity index (χ1v) is 8.43. The Kier molecular flexibility index (Phi) is 7.30. The van der Waals surface area contributed by atoms with E-state index >= 15 is 0 Å². The first-order chi connectivity index (χ1) is 13.0. The lowest BCUT2D eigenvalue weighted by Crippen LogP contribution is -2.38. The van der Waals surface area contributed by atoms with E-state index in [1.54, 1.807) is 0 Å². The van der Waals surface area contributed by atoms with Crippen molar-refractivity contribution in [3.8, 4) is 5.75 Å². The third kappa shape index (κ3) is 6.77. The van der Waals surface area contributed by atoms with Crippen LogP contribution in [0.25, 0.3) is 0 Å². The Morgan fingerprint density at radius 2 is 1.70 bits per heavy atom. The van der Waals surface area contributed by atoms with Crippen molar-refractivity contribution in [3.05, 3.63) is 70.3 Å². The molecule has 0 saturated heterocycles. The summed E-state index contributed by atoms with van der Waals surface area (Å²) in [6, 6.07) is 15.2. The van der Waals surface area contributed by atoms with Gasteiger partial charge in [-0.05, 0) is 24.1 Å². The monoisotopic (exact) mass is 371 g/mol. The molecule has 0 aliphatic rings. The summed E-state index contributed by atoms with van der Waals surface area (Å²) in [6.45, 7) is 0.412. The zero-order valence-corrected chi connectivity index (χ0v) is 14.7. The third-order valence-corrected chi connectivity index (χ3v) is 3.90. The lowest BCUT2D eigenvalue weighted by atomic mass is 10.1. The molecule has 8 nitrogen and oxygen atoms in total. The molecule has 2 rings (SSSR count). The van der Waals surface area contributed by atoms with Gasteiger partial charge >= 0.3 is 0 Å². The molecule has 0 fully saturated rings. The Hall–Kier alpha value is -3.42. The summed E-state index contributed by atoms with van der Waals surface area (Å²) in [7, 11) is 0. The number of non-ortho nitro benzene ring substituents is 1. The van der Waals surface area contributed by atoms with Crippen LogP contribution >= 0.6 is 0 Å². The van der Waals surface area contributed by atoms with E-state index in [-0.39, 0.29) is 31.2 Å². The molecule has 0 aliphatic heterocycles. The first-order valence-electron chi connectivity index (χ1n) is 8.43. The van der Waals surface area contributed by atoms with Crippen molar-refractivity contribution < 1.29 is 19.2 Å². The van der Waals surface area contributed by atoms with Gasteiger partial charge in [-0.15, -0.1) is 0 Å². The molecule has 0 unspecified atom stereocenters. The molecule has 0 saturated carbocycles. The summed E-state index contributed by atoms with van der Waals surface area (Å²) in [5.41, 5.74) is 6.21. The number of rotatable bonds is 10. The topological polar surface area (TPSA) is 116 Å². The van der Waals surface area contributed by atoms with Crippen LogP contribution in [0.4, 0.5) is 5.69 Å². The molecule has 0 spiro atoms. The van der Waals surface area contributed by atoms with E-state index in [0.29, 0.717) is 18.7 Å². The number of primary amides is 1. The number of nitro groups is 1. The van der Waals surface area contributed by atoms with Crippen molar-refractivity contribution in [2.75, 3.05) is 19.7 Å². The maximum Gasteiger partial charge on any atom is 0.269 e. The molecule has 0 bridgehead atoms. The van der Waals surface area contributed by atoms with Crippen LogP contribution in [0, 0.1) is 10.1 Å². The van der Waals surface area contributed by atoms with Crippen molar-refractivity contribution in [1.29, 1.82) is 0 Å². The van der Waals surface area contributed by atoms with E-state index in [9.17, 15) is 19.7 Å². The van der Waals surface area contributed by atoms with Gasteiger partial charge in [0.25, 0.3) is 11.6 Å². The SMILES string of the molecule is NC(=O)CCN(CCc1ccccc1)C(=O)COc1ccc([N+](=O)[O-])cc1. The second-order valence-electron chi connectivity index (χ2n) is 5.87. The van der Waals surface area contributed by atoms with Crippen molar-refractivity contribution in [2.45, 2.75) is 12.8 Å². The van der Waals surface area contributed by atoms with E-state index in [1.807, 2.05) is 30.3 Å². The minimum absolute atomic E-state index is 0.0559. The van der Waals surface area contributed by atoms with E-state index in [0.717, 1.165) is 5.56 Å². The fourth-order valence-corrected chi connectivity index (χ4v) is 2.42. The Bertz CT molecular complexity index is 778. The fourth-order valence-electron chi connectivity index (χ4n) is 2.42.